The first-order valence-electron chi connectivity index (χ1n) is 0. The van der Waals surface area contributed by atoms with Crippen LogP contribution in [0, 0.1) is 0 Å². The van der Waals surface area contributed by atoms with Crippen LogP contribution in [-0.4, -0.2) is 17.4 Å². The van der Waals surface area contributed by atoms with Gasteiger partial charge in [0, 0.05) is 86.9 Å². The summed E-state index contributed by atoms with van der Waals surface area (Å²) in [4.78, 5) is 0. The third kappa shape index (κ3) is 20.4. The molecule has 32 valence electrons. The third-order valence-electron chi connectivity index (χ3n) is 0. The molecule has 0 bridgehead atoms. The predicted molar refractivity (Wildman–Crippen MR) is 5.75 cm³/mol. The SMILES string of the molecule is [Al].[Mn].[Ni].[Ni].[Zn]. The van der Waals surface area contributed by atoms with Gasteiger partial charge < -0.3 is 0 Å². The minimum Gasteiger partial charge on any atom is 0 e. The van der Waals surface area contributed by atoms with Crippen molar-refractivity contribution in [3.8, 4) is 0 Å². The molecular formula is AlMnNi2Zn. The van der Waals surface area contributed by atoms with Gasteiger partial charge in [0.2, 0.25) is 0 Å². The molecule has 0 atom stereocenters. The molecule has 0 N–H and O–H groups in total. The van der Waals surface area contributed by atoms with Crippen LogP contribution >= 0.6 is 0 Å². The van der Waals surface area contributed by atoms with E-state index >= 15 is 0 Å². The molecule has 0 aliphatic heterocycles. The van der Waals surface area contributed by atoms with E-state index in [4.69, 9.17) is 0 Å². The Balaban J connectivity index is 0. The molecule has 4 radical (unpaired) electrons. The Morgan fingerprint density at radius 1 is 0.800 bits per heavy atom. The van der Waals surface area contributed by atoms with E-state index in [1.54, 1.807) is 0 Å². The van der Waals surface area contributed by atoms with E-state index in [1.165, 1.54) is 0 Å². The number of hydrogen-bond donors (Lipinski definition) is 0. The summed E-state index contributed by atoms with van der Waals surface area (Å²) in [6.45, 7) is 0. The van der Waals surface area contributed by atoms with Crippen LogP contribution in [0.2, 0.25) is 0 Å². The molecule has 0 aromatic heterocycles. The van der Waals surface area contributed by atoms with Crippen molar-refractivity contribution in [2.75, 3.05) is 0 Å². The van der Waals surface area contributed by atoms with Crippen molar-refractivity contribution in [3.05, 3.63) is 0 Å². The quantitative estimate of drug-likeness (QED) is 0.523. The Bertz CT molecular complexity index is 9.61. The van der Waals surface area contributed by atoms with Crippen molar-refractivity contribution in [2.24, 2.45) is 0 Å². The molecule has 0 rings (SSSR count). The molecule has 0 heterocycles. The minimum atomic E-state index is 0. The number of hydrogen-bond acceptors (Lipinski definition) is 0. The first-order valence-corrected chi connectivity index (χ1v) is 0. The normalized spacial score (nSPS) is 0. The summed E-state index contributed by atoms with van der Waals surface area (Å²) in [6.07, 6.45) is 0. The van der Waals surface area contributed by atoms with Gasteiger partial charge in [-0.2, -0.15) is 0 Å². The summed E-state index contributed by atoms with van der Waals surface area (Å²) in [5, 5.41) is 0. The Hall–Kier alpha value is 2.66. The van der Waals surface area contributed by atoms with E-state index in [0.717, 1.165) is 0 Å². The van der Waals surface area contributed by atoms with Gasteiger partial charge in [-0.25, -0.2) is 0 Å². The van der Waals surface area contributed by atoms with Gasteiger partial charge in [0.25, 0.3) is 0 Å². The molecule has 0 aliphatic carbocycles. The van der Waals surface area contributed by atoms with Gasteiger partial charge in [0.05, 0.1) is 0 Å². The maximum atomic E-state index is 0. The van der Waals surface area contributed by atoms with Crippen molar-refractivity contribution in [1.82, 2.24) is 0 Å². The van der Waals surface area contributed by atoms with E-state index < -0.39 is 0 Å². The molecule has 0 aromatic rings. The summed E-state index contributed by atoms with van der Waals surface area (Å²) >= 11 is 0. The van der Waals surface area contributed by atoms with E-state index in [-0.39, 0.29) is 86.9 Å². The molecule has 0 fully saturated rings. The maximum absolute atomic E-state index is 0. The molecule has 0 amide bonds. The second kappa shape index (κ2) is 30.1. The van der Waals surface area contributed by atoms with Crippen molar-refractivity contribution in [3.63, 3.8) is 0 Å². The van der Waals surface area contributed by atoms with Crippen LogP contribution in [0.25, 0.3) is 0 Å². The molecule has 0 saturated carbocycles. The topological polar surface area (TPSA) is 0 Å². The largest absolute Gasteiger partial charge is 0 e. The molecule has 5 heavy (non-hydrogen) atoms. The van der Waals surface area contributed by atoms with Crippen molar-refractivity contribution >= 4 is 17.4 Å². The Kier molecular flexibility index (Phi) is 289. The van der Waals surface area contributed by atoms with Crippen molar-refractivity contribution in [2.45, 2.75) is 0 Å². The first-order chi connectivity index (χ1) is 0. The van der Waals surface area contributed by atoms with Crippen LogP contribution < -0.4 is 0 Å². The van der Waals surface area contributed by atoms with Gasteiger partial charge in [-0.3, -0.25) is 0 Å². The zero-order valence-electron chi connectivity index (χ0n) is 2.29. The van der Waals surface area contributed by atoms with Gasteiger partial charge in [-0.15, -0.1) is 0 Å². The van der Waals surface area contributed by atoms with E-state index in [9.17, 15) is 0 Å². The van der Waals surface area contributed by atoms with Gasteiger partial charge in [-0.05, 0) is 0 Å². The molecular weight excluding hydrogens is 265 g/mol. The van der Waals surface area contributed by atoms with E-state index in [1.807, 2.05) is 0 Å². The Labute approximate surface area is 85.8 Å². The summed E-state index contributed by atoms with van der Waals surface area (Å²) in [7, 11) is 0. The molecule has 0 aliphatic rings. The standard InChI is InChI=1S/Al.Mn.2Ni.Zn. The van der Waals surface area contributed by atoms with Crippen molar-refractivity contribution < 1.29 is 69.5 Å². The second-order valence-corrected chi connectivity index (χ2v) is 0. The Morgan fingerprint density at radius 3 is 0.800 bits per heavy atom. The summed E-state index contributed by atoms with van der Waals surface area (Å²) in [5.74, 6) is 0. The monoisotopic (exact) mass is 262 g/mol. The maximum Gasteiger partial charge on any atom is 0 e. The van der Waals surface area contributed by atoms with Crippen LogP contribution in [0.3, 0.4) is 0 Å². The predicted octanol–water partition coefficient (Wildman–Crippen LogP) is -0.391. The second-order valence-electron chi connectivity index (χ2n) is 0. The third-order valence-corrected chi connectivity index (χ3v) is 0. The van der Waals surface area contributed by atoms with Gasteiger partial charge in [0.15, 0.2) is 0 Å². The minimum absolute atomic E-state index is 0. The smallest absolute Gasteiger partial charge is 0 e. The average molecular weight is 265 g/mol. The van der Waals surface area contributed by atoms with E-state index in [2.05, 4.69) is 0 Å². The fraction of sp³-hybridized carbons (Fsp3) is 0. The molecule has 5 heteroatoms. The zero-order chi connectivity index (χ0) is 0. The summed E-state index contributed by atoms with van der Waals surface area (Å²) < 4.78 is 0. The first kappa shape index (κ1) is 48.0. The van der Waals surface area contributed by atoms with Crippen LogP contribution in [0.4, 0.5) is 0 Å². The van der Waals surface area contributed by atoms with Gasteiger partial charge in [0.1, 0.15) is 0 Å². The van der Waals surface area contributed by atoms with Crippen LogP contribution in [0.5, 0.6) is 0 Å². The van der Waals surface area contributed by atoms with Gasteiger partial charge >= 0.3 is 0 Å². The average Bonchev–Trinajstić information content (AvgIpc) is 0. The fourth-order valence-corrected chi connectivity index (χ4v) is 0. The zero-order valence-corrected chi connectivity index (χ0v) is 9.57. The summed E-state index contributed by atoms with van der Waals surface area (Å²) in [5.41, 5.74) is 0. The van der Waals surface area contributed by atoms with E-state index in [0.29, 0.717) is 0 Å². The molecule has 0 spiro atoms. The van der Waals surface area contributed by atoms with Crippen LogP contribution in [0.1, 0.15) is 0 Å². The fourth-order valence-electron chi connectivity index (χ4n) is 0. The van der Waals surface area contributed by atoms with Gasteiger partial charge in [-0.1, -0.05) is 0 Å². The molecule has 0 saturated heterocycles. The Morgan fingerprint density at radius 2 is 0.800 bits per heavy atom. The van der Waals surface area contributed by atoms with Crippen LogP contribution in [0.15, 0.2) is 0 Å². The molecule has 0 nitrogen and oxygen atoms in total. The van der Waals surface area contributed by atoms with Crippen molar-refractivity contribution in [1.29, 1.82) is 0 Å². The number of rotatable bonds is 0. The molecule has 0 unspecified atom stereocenters. The summed E-state index contributed by atoms with van der Waals surface area (Å²) in [6, 6.07) is 0. The van der Waals surface area contributed by atoms with Crippen LogP contribution in [-0.2, 0) is 69.5 Å². The molecule has 0 aromatic carbocycles.